The average molecular weight is 456 g/mol. The molecule has 1 aromatic rings. The zero-order valence-corrected chi connectivity index (χ0v) is 18.5. The topological polar surface area (TPSA) is 102 Å². The summed E-state index contributed by atoms with van der Waals surface area (Å²) in [6.45, 7) is 2.89. The second-order valence-corrected chi connectivity index (χ2v) is 10.9. The molecule has 4 rings (SSSR count). The van der Waals surface area contributed by atoms with Crippen molar-refractivity contribution in [2.24, 2.45) is 23.7 Å². The predicted octanol–water partition coefficient (Wildman–Crippen LogP) is 3.48. The zero-order chi connectivity index (χ0) is 22.4. The molecule has 5 unspecified atom stereocenters. The van der Waals surface area contributed by atoms with Crippen molar-refractivity contribution in [3.63, 3.8) is 0 Å². The molecule has 3 fully saturated rings. The van der Waals surface area contributed by atoms with Gasteiger partial charge in [-0.25, -0.2) is 17.6 Å². The lowest BCUT2D eigenvalue weighted by Crippen LogP contribution is -2.41. The summed E-state index contributed by atoms with van der Waals surface area (Å²) in [7, 11) is -4.49. The van der Waals surface area contributed by atoms with Crippen molar-refractivity contribution >= 4 is 16.1 Å². The summed E-state index contributed by atoms with van der Waals surface area (Å²) in [5, 5.41) is 0. The van der Waals surface area contributed by atoms with Crippen LogP contribution in [0.15, 0.2) is 18.2 Å². The highest BCUT2D eigenvalue weighted by atomic mass is 32.2. The quantitative estimate of drug-likeness (QED) is 0.336. The normalized spacial score (nSPS) is 29.7. The van der Waals surface area contributed by atoms with E-state index in [1.54, 1.807) is 13.8 Å². The van der Waals surface area contributed by atoms with Crippen LogP contribution in [0.3, 0.4) is 0 Å². The summed E-state index contributed by atoms with van der Waals surface area (Å²) in [5.74, 6) is -0.781. The van der Waals surface area contributed by atoms with E-state index in [4.69, 9.17) is 14.2 Å². The number of rotatable bonds is 8. The molecule has 0 aliphatic heterocycles. The summed E-state index contributed by atoms with van der Waals surface area (Å²) >= 11 is 0. The van der Waals surface area contributed by atoms with Gasteiger partial charge < -0.3 is 18.8 Å². The lowest BCUT2D eigenvalue weighted by molar-refractivity contribution is -0.204. The molecule has 0 radical (unpaired) electrons. The van der Waals surface area contributed by atoms with Crippen LogP contribution in [0.1, 0.15) is 56.3 Å². The molecule has 3 aliphatic carbocycles. The maximum absolute atomic E-state index is 14.4. The van der Waals surface area contributed by atoms with Crippen molar-refractivity contribution in [2.75, 3.05) is 12.4 Å². The molecule has 0 aromatic heterocycles. The standard InChI is InChI=1S/C22H29FO7S/c1-22(2,29-19-12-14-10-17(19)16-5-3-4-15(14)16)30-20-11-13(6-7-18(20)23)21(24)28-8-9-31(25,26)27/h6-7,11,14-17,19H,3-5,8-10,12H2,1-2H3,(H,25,26,27)/p-1. The van der Waals surface area contributed by atoms with E-state index in [9.17, 15) is 22.2 Å². The van der Waals surface area contributed by atoms with Gasteiger partial charge in [-0.2, -0.15) is 0 Å². The van der Waals surface area contributed by atoms with Gasteiger partial charge in [0.25, 0.3) is 0 Å². The first-order chi connectivity index (χ1) is 14.5. The van der Waals surface area contributed by atoms with Crippen molar-refractivity contribution in [1.29, 1.82) is 0 Å². The lowest BCUT2D eigenvalue weighted by atomic mass is 9.80. The van der Waals surface area contributed by atoms with E-state index in [2.05, 4.69) is 0 Å². The van der Waals surface area contributed by atoms with Gasteiger partial charge in [0.05, 0.1) is 27.5 Å². The van der Waals surface area contributed by atoms with Gasteiger partial charge in [-0.3, -0.25) is 0 Å². The minimum absolute atomic E-state index is 0.00998. The third-order valence-electron chi connectivity index (χ3n) is 6.89. The molecule has 0 saturated heterocycles. The molecule has 0 heterocycles. The summed E-state index contributed by atoms with van der Waals surface area (Å²) in [4.78, 5) is 12.1. The monoisotopic (exact) mass is 455 g/mol. The van der Waals surface area contributed by atoms with E-state index in [0.29, 0.717) is 11.8 Å². The third kappa shape index (κ3) is 5.04. The highest BCUT2D eigenvalue weighted by Gasteiger charge is 2.55. The van der Waals surface area contributed by atoms with E-state index < -0.39 is 40.1 Å². The Morgan fingerprint density at radius 1 is 1.19 bits per heavy atom. The van der Waals surface area contributed by atoms with Crippen LogP contribution in [0.25, 0.3) is 0 Å². The summed E-state index contributed by atoms with van der Waals surface area (Å²) in [5.41, 5.74) is -0.00998. The molecule has 0 N–H and O–H groups in total. The van der Waals surface area contributed by atoms with Crippen LogP contribution in [0.2, 0.25) is 0 Å². The van der Waals surface area contributed by atoms with Crippen molar-refractivity contribution in [2.45, 2.75) is 57.8 Å². The fraction of sp³-hybridized carbons (Fsp3) is 0.682. The number of halogens is 1. The summed E-state index contributed by atoms with van der Waals surface area (Å²) in [6, 6.07) is 3.48. The van der Waals surface area contributed by atoms with E-state index in [-0.39, 0.29) is 17.4 Å². The number of carbonyl (C=O) groups is 1. The van der Waals surface area contributed by atoms with Gasteiger partial charge in [0, 0.05) is 13.8 Å². The van der Waals surface area contributed by atoms with Crippen LogP contribution in [0.5, 0.6) is 5.75 Å². The second-order valence-electron chi connectivity index (χ2n) is 9.36. The molecular formula is C22H28FO7S-. The van der Waals surface area contributed by atoms with Crippen LogP contribution >= 0.6 is 0 Å². The molecule has 2 bridgehead atoms. The fourth-order valence-corrected chi connectivity index (χ4v) is 6.11. The maximum Gasteiger partial charge on any atom is 0.338 e. The minimum atomic E-state index is -4.49. The van der Waals surface area contributed by atoms with Gasteiger partial charge in [-0.1, -0.05) is 6.42 Å². The molecule has 9 heteroatoms. The third-order valence-corrected chi connectivity index (χ3v) is 7.56. The van der Waals surface area contributed by atoms with Gasteiger partial charge in [-0.15, -0.1) is 0 Å². The van der Waals surface area contributed by atoms with E-state index in [1.807, 2.05) is 0 Å². The lowest BCUT2D eigenvalue weighted by Gasteiger charge is -2.37. The number of ether oxygens (including phenoxy) is 3. The first-order valence-corrected chi connectivity index (χ1v) is 12.4. The average Bonchev–Trinajstić information content (AvgIpc) is 3.35. The molecule has 0 spiro atoms. The Balaban J connectivity index is 1.39. The first kappa shape index (κ1) is 22.5. The molecule has 3 saturated carbocycles. The van der Waals surface area contributed by atoms with Crippen LogP contribution in [0, 0.1) is 29.5 Å². The summed E-state index contributed by atoms with van der Waals surface area (Å²) in [6.07, 6.45) is 6.18. The van der Waals surface area contributed by atoms with Crippen LogP contribution in [0.4, 0.5) is 4.39 Å². The van der Waals surface area contributed by atoms with E-state index in [0.717, 1.165) is 24.3 Å². The van der Waals surface area contributed by atoms with Crippen LogP contribution < -0.4 is 4.74 Å². The van der Waals surface area contributed by atoms with Gasteiger partial charge in [0.1, 0.15) is 6.61 Å². The zero-order valence-electron chi connectivity index (χ0n) is 17.7. The number of carbonyl (C=O) groups excluding carboxylic acids is 1. The van der Waals surface area contributed by atoms with Crippen molar-refractivity contribution < 1.29 is 36.4 Å². The molecule has 7 nitrogen and oxygen atoms in total. The van der Waals surface area contributed by atoms with Gasteiger partial charge in [0.15, 0.2) is 11.6 Å². The van der Waals surface area contributed by atoms with Crippen LogP contribution in [-0.2, 0) is 19.6 Å². The van der Waals surface area contributed by atoms with E-state index >= 15 is 0 Å². The molecular weight excluding hydrogens is 427 g/mol. The number of esters is 1. The number of hydrogen-bond acceptors (Lipinski definition) is 7. The number of fused-ring (bicyclic) bond motifs is 5. The SMILES string of the molecule is CC(C)(Oc1cc(C(=O)OCCS(=O)(=O)[O-])ccc1F)OC1CC2CC1C1CCCC21. The largest absolute Gasteiger partial charge is 0.748 e. The maximum atomic E-state index is 14.4. The molecule has 0 amide bonds. The van der Waals surface area contributed by atoms with Crippen molar-refractivity contribution in [1.82, 2.24) is 0 Å². The van der Waals surface area contributed by atoms with Crippen molar-refractivity contribution in [3.8, 4) is 5.75 Å². The Kier molecular flexibility index (Phi) is 6.04. The molecule has 172 valence electrons. The van der Waals surface area contributed by atoms with Gasteiger partial charge >= 0.3 is 5.97 Å². The number of benzene rings is 1. The number of hydrogen-bond donors (Lipinski definition) is 0. The molecule has 1 aromatic carbocycles. The fourth-order valence-electron chi connectivity index (χ4n) is 5.82. The van der Waals surface area contributed by atoms with Crippen molar-refractivity contribution in [3.05, 3.63) is 29.6 Å². The molecule has 31 heavy (non-hydrogen) atoms. The smallest absolute Gasteiger partial charge is 0.338 e. The Bertz CT molecular complexity index is 945. The Morgan fingerprint density at radius 3 is 2.68 bits per heavy atom. The summed E-state index contributed by atoms with van der Waals surface area (Å²) < 4.78 is 63.1. The minimum Gasteiger partial charge on any atom is -0.748 e. The van der Waals surface area contributed by atoms with Crippen LogP contribution in [-0.4, -0.2) is 43.2 Å². The Morgan fingerprint density at radius 2 is 1.94 bits per heavy atom. The first-order valence-electron chi connectivity index (χ1n) is 10.8. The Labute approximate surface area is 182 Å². The van der Waals surface area contributed by atoms with E-state index in [1.165, 1.54) is 37.8 Å². The highest BCUT2D eigenvalue weighted by molar-refractivity contribution is 7.85. The highest BCUT2D eigenvalue weighted by Crippen LogP contribution is 2.59. The molecule has 5 atom stereocenters. The van der Waals surface area contributed by atoms with Gasteiger partial charge in [-0.05, 0) is 67.6 Å². The predicted molar refractivity (Wildman–Crippen MR) is 108 cm³/mol. The molecule has 3 aliphatic rings. The Hall–Kier alpha value is -1.71. The van der Waals surface area contributed by atoms with Gasteiger partial charge in [0.2, 0.25) is 5.79 Å². The second kappa shape index (κ2) is 8.33.